The van der Waals surface area contributed by atoms with Crippen LogP contribution in [0.5, 0.6) is 0 Å². The van der Waals surface area contributed by atoms with Crippen LogP contribution in [0.3, 0.4) is 0 Å². The van der Waals surface area contributed by atoms with Gasteiger partial charge in [0.2, 0.25) is 0 Å². The summed E-state index contributed by atoms with van der Waals surface area (Å²) < 4.78 is 9.68. The van der Waals surface area contributed by atoms with E-state index in [-0.39, 0.29) is 10.6 Å². The average Bonchev–Trinajstić information content (AvgIpc) is 2.38. The molecule has 0 aliphatic rings. The lowest BCUT2D eigenvalue weighted by atomic mass is 9.98. The Hall–Kier alpha value is -2.22. The van der Waals surface area contributed by atoms with E-state index >= 15 is 0 Å². The number of esters is 2. The second-order valence-corrected chi connectivity index (χ2v) is 5.71. The van der Waals surface area contributed by atoms with Crippen LogP contribution in [0.15, 0.2) is 12.4 Å². The van der Waals surface area contributed by atoms with Gasteiger partial charge in [-0.3, -0.25) is 24.7 Å². The largest absolute Gasteiger partial charge is 0.468 e. The lowest BCUT2D eigenvalue weighted by molar-refractivity contribution is -0.386. The van der Waals surface area contributed by atoms with E-state index in [0.29, 0.717) is 0 Å². The monoisotopic (exact) mass is 330 g/mol. The Morgan fingerprint density at radius 3 is 2.36 bits per heavy atom. The quantitative estimate of drug-likeness (QED) is 0.360. The molecule has 1 aromatic heterocycles. The van der Waals surface area contributed by atoms with Crippen molar-refractivity contribution in [1.29, 1.82) is 0 Å². The molecule has 0 spiro atoms. The third-order valence-corrected chi connectivity index (χ3v) is 2.78. The molecule has 0 aliphatic carbocycles. The fourth-order valence-corrected chi connectivity index (χ4v) is 1.94. The van der Waals surface area contributed by atoms with E-state index in [1.807, 2.05) is 0 Å². The molecular weight excluding hydrogens is 316 g/mol. The van der Waals surface area contributed by atoms with Gasteiger partial charge in [-0.2, -0.15) is 0 Å². The van der Waals surface area contributed by atoms with Gasteiger partial charge in [-0.05, 0) is 20.8 Å². The van der Waals surface area contributed by atoms with Crippen molar-refractivity contribution in [2.45, 2.75) is 32.3 Å². The number of nitro groups is 1. The number of hydrogen-bond donors (Lipinski definition) is 0. The zero-order valence-electron chi connectivity index (χ0n) is 12.5. The highest BCUT2D eigenvalue weighted by Crippen LogP contribution is 2.34. The van der Waals surface area contributed by atoms with Crippen molar-refractivity contribution in [2.24, 2.45) is 0 Å². The molecule has 0 saturated carbocycles. The van der Waals surface area contributed by atoms with E-state index < -0.39 is 34.1 Å². The fraction of sp³-hybridized carbons (Fsp3) is 0.462. The predicted octanol–water partition coefficient (Wildman–Crippen LogP) is 2.24. The molecule has 0 saturated heterocycles. The highest BCUT2D eigenvalue weighted by molar-refractivity contribution is 6.32. The Kier molecular flexibility index (Phi) is 5.43. The lowest BCUT2D eigenvalue weighted by Gasteiger charge is -2.23. The first kappa shape index (κ1) is 17.8. The molecular formula is C13H15ClN2O6. The third-order valence-electron chi connectivity index (χ3n) is 2.48. The number of carbonyl (C=O) groups excluding carboxylic acids is 2. The number of methoxy groups -OCH3 is 1. The summed E-state index contributed by atoms with van der Waals surface area (Å²) in [7, 11) is 1.06. The van der Waals surface area contributed by atoms with E-state index in [1.165, 1.54) is 0 Å². The van der Waals surface area contributed by atoms with Gasteiger partial charge in [-0.1, -0.05) is 11.6 Å². The minimum Gasteiger partial charge on any atom is -0.468 e. The Labute approximate surface area is 131 Å². The third kappa shape index (κ3) is 4.14. The topological polar surface area (TPSA) is 109 Å². The van der Waals surface area contributed by atoms with Crippen LogP contribution < -0.4 is 0 Å². The Bertz CT molecular complexity index is 611. The minimum absolute atomic E-state index is 0.199. The van der Waals surface area contributed by atoms with Crippen LogP contribution in [0.4, 0.5) is 5.69 Å². The Morgan fingerprint density at radius 1 is 1.32 bits per heavy atom. The van der Waals surface area contributed by atoms with Crippen LogP contribution in [-0.2, 0) is 19.1 Å². The van der Waals surface area contributed by atoms with Gasteiger partial charge in [-0.25, -0.2) is 0 Å². The molecule has 22 heavy (non-hydrogen) atoms. The second-order valence-electron chi connectivity index (χ2n) is 5.30. The first-order valence-electron chi connectivity index (χ1n) is 6.17. The summed E-state index contributed by atoms with van der Waals surface area (Å²) in [5.41, 5.74) is -1.76. The Balaban J connectivity index is 3.45. The number of aromatic nitrogens is 1. The molecule has 0 radical (unpaired) electrons. The molecule has 0 aromatic carbocycles. The van der Waals surface area contributed by atoms with E-state index in [2.05, 4.69) is 9.72 Å². The van der Waals surface area contributed by atoms with Gasteiger partial charge in [0.1, 0.15) is 11.8 Å². The normalized spacial score (nSPS) is 12.4. The number of nitrogens with zero attached hydrogens (tertiary/aromatic N) is 2. The average molecular weight is 331 g/mol. The van der Waals surface area contributed by atoms with E-state index in [1.54, 1.807) is 20.8 Å². The highest BCUT2D eigenvalue weighted by atomic mass is 35.5. The predicted molar refractivity (Wildman–Crippen MR) is 76.5 cm³/mol. The summed E-state index contributed by atoms with van der Waals surface area (Å²) in [6.45, 7) is 4.80. The first-order valence-corrected chi connectivity index (χ1v) is 6.54. The van der Waals surface area contributed by atoms with Crippen molar-refractivity contribution in [3.05, 3.63) is 33.1 Å². The van der Waals surface area contributed by atoms with Gasteiger partial charge < -0.3 is 9.47 Å². The number of carbonyl (C=O) groups is 2. The molecule has 0 N–H and O–H groups in total. The fourth-order valence-electron chi connectivity index (χ4n) is 1.68. The molecule has 120 valence electrons. The van der Waals surface area contributed by atoms with Crippen molar-refractivity contribution in [3.8, 4) is 0 Å². The zero-order chi connectivity index (χ0) is 17.1. The van der Waals surface area contributed by atoms with Gasteiger partial charge in [-0.15, -0.1) is 0 Å². The summed E-state index contributed by atoms with van der Waals surface area (Å²) in [5, 5.41) is 10.9. The second kappa shape index (κ2) is 6.69. The molecule has 1 atom stereocenters. The summed E-state index contributed by atoms with van der Waals surface area (Å²) in [4.78, 5) is 38.1. The number of rotatable bonds is 4. The molecule has 9 heteroatoms. The van der Waals surface area contributed by atoms with Gasteiger partial charge in [0, 0.05) is 6.20 Å². The number of hydrogen-bond acceptors (Lipinski definition) is 7. The number of ether oxygens (including phenoxy) is 2. The maximum atomic E-state index is 12.3. The van der Waals surface area contributed by atoms with Crippen LogP contribution in [0.2, 0.25) is 5.02 Å². The van der Waals surface area contributed by atoms with Crippen LogP contribution in [0.1, 0.15) is 32.3 Å². The summed E-state index contributed by atoms with van der Waals surface area (Å²) >= 11 is 5.90. The number of pyridine rings is 1. The molecule has 0 fully saturated rings. The van der Waals surface area contributed by atoms with Crippen LogP contribution in [0, 0.1) is 10.1 Å². The lowest BCUT2D eigenvalue weighted by Crippen LogP contribution is -2.32. The van der Waals surface area contributed by atoms with Crippen LogP contribution in [-0.4, -0.2) is 34.6 Å². The van der Waals surface area contributed by atoms with Crippen molar-refractivity contribution in [2.75, 3.05) is 7.11 Å². The standard InChI is InChI=1S/C13H15ClN2O6/c1-13(2,3)22-12(18)10(11(17)21-4)9-7(14)5-15-6-8(9)16(19)20/h5-6,10H,1-4H3. The maximum absolute atomic E-state index is 12.3. The molecule has 1 unspecified atom stereocenters. The summed E-state index contributed by atoms with van der Waals surface area (Å²) in [6.07, 6.45) is 2.01. The van der Waals surface area contributed by atoms with E-state index in [0.717, 1.165) is 19.5 Å². The molecule has 0 amide bonds. The molecule has 1 heterocycles. The number of halogens is 1. The molecule has 0 bridgehead atoms. The SMILES string of the molecule is COC(=O)C(C(=O)OC(C)(C)C)c1c(Cl)cncc1[N+](=O)[O-]. The smallest absolute Gasteiger partial charge is 0.325 e. The zero-order valence-corrected chi connectivity index (χ0v) is 13.2. The summed E-state index contributed by atoms with van der Waals surface area (Å²) in [5.74, 6) is -3.67. The Morgan fingerprint density at radius 2 is 1.91 bits per heavy atom. The van der Waals surface area contributed by atoms with Gasteiger partial charge in [0.15, 0.2) is 5.92 Å². The molecule has 0 aliphatic heterocycles. The van der Waals surface area contributed by atoms with E-state index in [9.17, 15) is 19.7 Å². The maximum Gasteiger partial charge on any atom is 0.325 e. The first-order chi connectivity index (χ1) is 10.1. The molecule has 1 aromatic rings. The minimum atomic E-state index is -1.67. The van der Waals surface area contributed by atoms with Gasteiger partial charge in [0.25, 0.3) is 5.69 Å². The van der Waals surface area contributed by atoms with Crippen molar-refractivity contribution >= 4 is 29.2 Å². The molecule has 8 nitrogen and oxygen atoms in total. The molecule has 1 rings (SSSR count). The van der Waals surface area contributed by atoms with Crippen molar-refractivity contribution in [3.63, 3.8) is 0 Å². The van der Waals surface area contributed by atoms with Crippen molar-refractivity contribution in [1.82, 2.24) is 4.98 Å². The van der Waals surface area contributed by atoms with Gasteiger partial charge >= 0.3 is 11.9 Å². The van der Waals surface area contributed by atoms with Crippen molar-refractivity contribution < 1.29 is 24.0 Å². The van der Waals surface area contributed by atoms with E-state index in [4.69, 9.17) is 16.3 Å². The highest BCUT2D eigenvalue weighted by Gasteiger charge is 2.40. The van der Waals surface area contributed by atoms with Crippen LogP contribution >= 0.6 is 11.6 Å². The van der Waals surface area contributed by atoms with Gasteiger partial charge in [0.05, 0.1) is 22.6 Å². The van der Waals surface area contributed by atoms with Crippen LogP contribution in [0.25, 0.3) is 0 Å². The summed E-state index contributed by atoms with van der Waals surface area (Å²) in [6, 6.07) is 0.